The maximum absolute atomic E-state index is 12.1. The van der Waals surface area contributed by atoms with Gasteiger partial charge >= 0.3 is 0 Å². The minimum Gasteiger partial charge on any atom is -0.492 e. The van der Waals surface area contributed by atoms with Crippen LogP contribution in [-0.2, 0) is 0 Å². The van der Waals surface area contributed by atoms with Crippen LogP contribution in [0.5, 0.6) is 5.75 Å². The third kappa shape index (κ3) is 3.58. The summed E-state index contributed by atoms with van der Waals surface area (Å²) in [5, 5.41) is 2.88. The average Bonchev–Trinajstić information content (AvgIpc) is 2.80. The van der Waals surface area contributed by atoms with E-state index in [2.05, 4.69) is 21.2 Å². The van der Waals surface area contributed by atoms with Gasteiger partial charge in [-0.15, -0.1) is 11.3 Å². The maximum atomic E-state index is 12.1. The molecule has 1 aromatic carbocycles. The van der Waals surface area contributed by atoms with E-state index in [1.165, 1.54) is 11.3 Å². The second kappa shape index (κ2) is 6.21. The van der Waals surface area contributed by atoms with Gasteiger partial charge < -0.3 is 10.1 Å². The van der Waals surface area contributed by atoms with E-state index in [0.29, 0.717) is 22.9 Å². The summed E-state index contributed by atoms with van der Waals surface area (Å²) in [7, 11) is 0. The van der Waals surface area contributed by atoms with Crippen molar-refractivity contribution >= 4 is 38.9 Å². The average molecular weight is 340 g/mol. The zero-order chi connectivity index (χ0) is 13.8. The summed E-state index contributed by atoms with van der Waals surface area (Å²) in [5.74, 6) is 0.576. The normalized spacial score (nSPS) is 10.3. The van der Waals surface area contributed by atoms with E-state index in [1.807, 2.05) is 38.1 Å². The zero-order valence-electron chi connectivity index (χ0n) is 10.7. The summed E-state index contributed by atoms with van der Waals surface area (Å²) in [6.07, 6.45) is 0. The van der Waals surface area contributed by atoms with Crippen LogP contribution in [0.2, 0.25) is 0 Å². The summed E-state index contributed by atoms with van der Waals surface area (Å²) >= 11 is 4.75. The van der Waals surface area contributed by atoms with Gasteiger partial charge in [0.15, 0.2) is 0 Å². The van der Waals surface area contributed by atoms with Crippen LogP contribution in [0.25, 0.3) is 0 Å². The number of carbonyl (C=O) groups is 1. The molecular weight excluding hydrogens is 326 g/mol. The molecule has 0 saturated carbocycles. The van der Waals surface area contributed by atoms with Crippen molar-refractivity contribution in [3.05, 3.63) is 44.6 Å². The SMILES string of the molecule is CCOc1cc(C)ccc1NC(=O)c1ccc(Br)s1. The highest BCUT2D eigenvalue weighted by molar-refractivity contribution is 9.11. The summed E-state index contributed by atoms with van der Waals surface area (Å²) in [4.78, 5) is 12.8. The molecule has 2 aromatic rings. The molecule has 0 bridgehead atoms. The van der Waals surface area contributed by atoms with Gasteiger partial charge in [-0.2, -0.15) is 0 Å². The van der Waals surface area contributed by atoms with Crippen LogP contribution < -0.4 is 10.1 Å². The van der Waals surface area contributed by atoms with E-state index < -0.39 is 0 Å². The lowest BCUT2D eigenvalue weighted by atomic mass is 10.2. The minimum absolute atomic E-state index is 0.125. The van der Waals surface area contributed by atoms with Gasteiger partial charge in [0.2, 0.25) is 0 Å². The Hall–Kier alpha value is -1.33. The highest BCUT2D eigenvalue weighted by Gasteiger charge is 2.12. The molecule has 2 rings (SSSR count). The van der Waals surface area contributed by atoms with Crippen molar-refractivity contribution in [2.45, 2.75) is 13.8 Å². The monoisotopic (exact) mass is 339 g/mol. The molecule has 1 amide bonds. The first-order valence-corrected chi connectivity index (χ1v) is 7.51. The number of thiophene rings is 1. The summed E-state index contributed by atoms with van der Waals surface area (Å²) < 4.78 is 6.48. The largest absolute Gasteiger partial charge is 0.492 e. The standard InChI is InChI=1S/C14H14BrNO2S/c1-3-18-11-8-9(2)4-5-10(11)16-14(17)12-6-7-13(15)19-12/h4-8H,3H2,1-2H3,(H,16,17). The van der Waals surface area contributed by atoms with E-state index in [0.717, 1.165) is 9.35 Å². The van der Waals surface area contributed by atoms with E-state index in [4.69, 9.17) is 4.74 Å². The van der Waals surface area contributed by atoms with Crippen molar-refractivity contribution in [3.8, 4) is 5.75 Å². The van der Waals surface area contributed by atoms with Gasteiger partial charge in [-0.3, -0.25) is 4.79 Å². The predicted molar refractivity (Wildman–Crippen MR) is 82.3 cm³/mol. The molecule has 5 heteroatoms. The molecule has 0 aliphatic rings. The smallest absolute Gasteiger partial charge is 0.265 e. The van der Waals surface area contributed by atoms with Crippen LogP contribution in [-0.4, -0.2) is 12.5 Å². The zero-order valence-corrected chi connectivity index (χ0v) is 13.1. The Bertz CT molecular complexity index is 595. The predicted octanol–water partition coefficient (Wildman–Crippen LogP) is 4.47. The van der Waals surface area contributed by atoms with Gasteiger partial charge in [0.05, 0.1) is 21.0 Å². The molecule has 1 N–H and O–H groups in total. The molecule has 1 aromatic heterocycles. The Kier molecular flexibility index (Phi) is 4.61. The van der Waals surface area contributed by atoms with Gasteiger partial charge in [-0.25, -0.2) is 0 Å². The molecule has 0 spiro atoms. The summed E-state index contributed by atoms with van der Waals surface area (Å²) in [6, 6.07) is 9.38. The molecule has 0 fully saturated rings. The lowest BCUT2D eigenvalue weighted by Crippen LogP contribution is -2.11. The van der Waals surface area contributed by atoms with Crippen molar-refractivity contribution in [1.29, 1.82) is 0 Å². The number of hydrogen-bond acceptors (Lipinski definition) is 3. The topological polar surface area (TPSA) is 38.3 Å². The number of amides is 1. The number of benzene rings is 1. The van der Waals surface area contributed by atoms with Gasteiger partial charge in [0, 0.05) is 0 Å². The fourth-order valence-corrected chi connectivity index (χ4v) is 2.91. The molecule has 19 heavy (non-hydrogen) atoms. The molecule has 0 aliphatic carbocycles. The van der Waals surface area contributed by atoms with Crippen LogP contribution >= 0.6 is 27.3 Å². The van der Waals surface area contributed by atoms with Crippen molar-refractivity contribution in [1.82, 2.24) is 0 Å². The fraction of sp³-hybridized carbons (Fsp3) is 0.214. The molecule has 1 heterocycles. The lowest BCUT2D eigenvalue weighted by molar-refractivity contribution is 0.103. The minimum atomic E-state index is -0.125. The first-order valence-electron chi connectivity index (χ1n) is 5.90. The molecule has 100 valence electrons. The number of carbonyl (C=O) groups excluding carboxylic acids is 1. The Morgan fingerprint density at radius 1 is 1.37 bits per heavy atom. The molecule has 0 aliphatic heterocycles. The van der Waals surface area contributed by atoms with Crippen LogP contribution in [0.3, 0.4) is 0 Å². The number of rotatable bonds is 4. The number of ether oxygens (including phenoxy) is 1. The Labute approximate surface area is 124 Å². The van der Waals surface area contributed by atoms with Crippen LogP contribution in [0.4, 0.5) is 5.69 Å². The Balaban J connectivity index is 2.20. The molecular formula is C14H14BrNO2S. The molecule has 0 radical (unpaired) electrons. The van der Waals surface area contributed by atoms with Gasteiger partial charge in [0.1, 0.15) is 5.75 Å². The summed E-state index contributed by atoms with van der Waals surface area (Å²) in [6.45, 7) is 4.48. The number of hydrogen-bond donors (Lipinski definition) is 1. The van der Waals surface area contributed by atoms with E-state index in [1.54, 1.807) is 6.07 Å². The molecule has 0 saturated heterocycles. The van der Waals surface area contributed by atoms with Crippen LogP contribution in [0.1, 0.15) is 22.2 Å². The number of nitrogens with one attached hydrogen (secondary N) is 1. The van der Waals surface area contributed by atoms with Crippen LogP contribution in [0.15, 0.2) is 34.1 Å². The quantitative estimate of drug-likeness (QED) is 0.892. The molecule has 3 nitrogen and oxygen atoms in total. The Morgan fingerprint density at radius 3 is 2.79 bits per heavy atom. The number of anilines is 1. The lowest BCUT2D eigenvalue weighted by Gasteiger charge is -2.11. The van der Waals surface area contributed by atoms with E-state index in [-0.39, 0.29) is 5.91 Å². The first kappa shape index (κ1) is 14.1. The van der Waals surface area contributed by atoms with Crippen molar-refractivity contribution in [2.75, 3.05) is 11.9 Å². The summed E-state index contributed by atoms with van der Waals surface area (Å²) in [5.41, 5.74) is 1.79. The third-order valence-corrected chi connectivity index (χ3v) is 4.10. The van der Waals surface area contributed by atoms with Crippen molar-refractivity contribution < 1.29 is 9.53 Å². The molecule has 0 atom stereocenters. The van der Waals surface area contributed by atoms with E-state index >= 15 is 0 Å². The van der Waals surface area contributed by atoms with Gasteiger partial charge in [-0.1, -0.05) is 6.07 Å². The van der Waals surface area contributed by atoms with Crippen molar-refractivity contribution in [3.63, 3.8) is 0 Å². The third-order valence-electron chi connectivity index (χ3n) is 2.48. The van der Waals surface area contributed by atoms with Crippen LogP contribution in [0, 0.1) is 6.92 Å². The number of halogens is 1. The molecule has 0 unspecified atom stereocenters. The maximum Gasteiger partial charge on any atom is 0.265 e. The fourth-order valence-electron chi connectivity index (χ4n) is 1.63. The second-order valence-corrected chi connectivity index (χ2v) is 6.45. The van der Waals surface area contributed by atoms with Crippen molar-refractivity contribution in [2.24, 2.45) is 0 Å². The van der Waals surface area contributed by atoms with Gasteiger partial charge in [0.25, 0.3) is 5.91 Å². The highest BCUT2D eigenvalue weighted by atomic mass is 79.9. The number of aryl methyl sites for hydroxylation is 1. The highest BCUT2D eigenvalue weighted by Crippen LogP contribution is 2.28. The second-order valence-electron chi connectivity index (χ2n) is 3.99. The van der Waals surface area contributed by atoms with E-state index in [9.17, 15) is 4.79 Å². The Morgan fingerprint density at radius 2 is 2.16 bits per heavy atom. The van der Waals surface area contributed by atoms with Gasteiger partial charge in [-0.05, 0) is 59.6 Å². The first-order chi connectivity index (χ1) is 9.10.